The molecule has 0 fully saturated rings. The molecule has 1 aromatic carbocycles. The third-order valence-electron chi connectivity index (χ3n) is 2.03. The Morgan fingerprint density at radius 2 is 1.76 bits per heavy atom. The number of aromatic nitrogens is 2. The van der Waals surface area contributed by atoms with E-state index < -0.39 is 0 Å². The maximum atomic E-state index is 5.87. The SMILES string of the molecule is Nc1cc(Cl)c(Cl)cc1OCc1ncccn1. The summed E-state index contributed by atoms with van der Waals surface area (Å²) in [6, 6.07) is 4.85. The fraction of sp³-hybridized carbons (Fsp3) is 0.0909. The lowest BCUT2D eigenvalue weighted by atomic mass is 10.3. The van der Waals surface area contributed by atoms with Crippen molar-refractivity contribution >= 4 is 28.9 Å². The van der Waals surface area contributed by atoms with Crippen molar-refractivity contribution in [3.8, 4) is 5.75 Å². The number of anilines is 1. The van der Waals surface area contributed by atoms with Crippen LogP contribution in [-0.2, 0) is 6.61 Å². The van der Waals surface area contributed by atoms with Crippen LogP contribution < -0.4 is 10.5 Å². The third-order valence-corrected chi connectivity index (χ3v) is 2.75. The average Bonchev–Trinajstić information content (AvgIpc) is 2.33. The van der Waals surface area contributed by atoms with Crippen LogP contribution in [0.5, 0.6) is 5.75 Å². The van der Waals surface area contributed by atoms with Gasteiger partial charge in [-0.15, -0.1) is 0 Å². The molecule has 1 aromatic heterocycles. The van der Waals surface area contributed by atoms with E-state index >= 15 is 0 Å². The van der Waals surface area contributed by atoms with Crippen molar-refractivity contribution in [2.45, 2.75) is 6.61 Å². The maximum Gasteiger partial charge on any atom is 0.166 e. The first-order valence-corrected chi connectivity index (χ1v) is 5.55. The summed E-state index contributed by atoms with van der Waals surface area (Å²) in [6.45, 7) is 0.225. The summed E-state index contributed by atoms with van der Waals surface area (Å²) in [7, 11) is 0. The highest BCUT2D eigenvalue weighted by Crippen LogP contribution is 2.32. The molecule has 17 heavy (non-hydrogen) atoms. The van der Waals surface area contributed by atoms with Crippen molar-refractivity contribution < 1.29 is 4.74 Å². The molecule has 0 radical (unpaired) electrons. The van der Waals surface area contributed by atoms with E-state index in [1.807, 2.05) is 0 Å². The molecule has 0 spiro atoms. The largest absolute Gasteiger partial charge is 0.483 e. The van der Waals surface area contributed by atoms with Crippen LogP contribution in [0.3, 0.4) is 0 Å². The molecular formula is C11H9Cl2N3O. The van der Waals surface area contributed by atoms with Crippen LogP contribution in [0.25, 0.3) is 0 Å². The predicted octanol–water partition coefficient (Wildman–Crippen LogP) is 2.94. The zero-order valence-corrected chi connectivity index (χ0v) is 10.2. The summed E-state index contributed by atoms with van der Waals surface area (Å²) < 4.78 is 5.47. The number of hydrogen-bond donors (Lipinski definition) is 1. The van der Waals surface area contributed by atoms with Crippen LogP contribution in [0.1, 0.15) is 5.82 Å². The second kappa shape index (κ2) is 5.21. The fourth-order valence-electron chi connectivity index (χ4n) is 1.22. The average molecular weight is 270 g/mol. The van der Waals surface area contributed by atoms with Gasteiger partial charge in [-0.2, -0.15) is 0 Å². The van der Waals surface area contributed by atoms with E-state index in [0.29, 0.717) is 27.3 Å². The molecule has 0 unspecified atom stereocenters. The summed E-state index contributed by atoms with van der Waals surface area (Å²) in [5.74, 6) is 1.03. The summed E-state index contributed by atoms with van der Waals surface area (Å²) in [5.41, 5.74) is 6.17. The highest BCUT2D eigenvalue weighted by atomic mass is 35.5. The number of benzene rings is 1. The molecule has 0 saturated carbocycles. The maximum absolute atomic E-state index is 5.87. The van der Waals surface area contributed by atoms with Gasteiger partial charge < -0.3 is 10.5 Å². The number of hydrogen-bond acceptors (Lipinski definition) is 4. The van der Waals surface area contributed by atoms with E-state index in [2.05, 4.69) is 9.97 Å². The van der Waals surface area contributed by atoms with E-state index in [0.717, 1.165) is 0 Å². The standard InChI is InChI=1S/C11H9Cl2N3O/c12-7-4-9(14)10(5-8(7)13)17-6-11-15-2-1-3-16-11/h1-5H,6,14H2. The molecular weight excluding hydrogens is 261 g/mol. The van der Waals surface area contributed by atoms with Gasteiger partial charge in [0.25, 0.3) is 0 Å². The van der Waals surface area contributed by atoms with Crippen molar-refractivity contribution in [2.75, 3.05) is 5.73 Å². The molecule has 0 aliphatic rings. The van der Waals surface area contributed by atoms with Gasteiger partial charge in [-0.05, 0) is 12.1 Å². The predicted molar refractivity (Wildman–Crippen MR) is 67.2 cm³/mol. The highest BCUT2D eigenvalue weighted by Gasteiger charge is 2.06. The quantitative estimate of drug-likeness (QED) is 0.871. The van der Waals surface area contributed by atoms with Gasteiger partial charge in [0.15, 0.2) is 5.82 Å². The van der Waals surface area contributed by atoms with Gasteiger partial charge in [0, 0.05) is 18.5 Å². The monoisotopic (exact) mass is 269 g/mol. The van der Waals surface area contributed by atoms with E-state index in [9.17, 15) is 0 Å². The Hall–Kier alpha value is -1.52. The Kier molecular flexibility index (Phi) is 3.66. The second-order valence-corrected chi connectivity index (χ2v) is 4.07. The van der Waals surface area contributed by atoms with Crippen LogP contribution in [0.4, 0.5) is 5.69 Å². The van der Waals surface area contributed by atoms with Gasteiger partial charge in [0.2, 0.25) is 0 Å². The summed E-state index contributed by atoms with van der Waals surface area (Å²) in [6.07, 6.45) is 3.29. The number of nitrogen functional groups attached to an aromatic ring is 1. The van der Waals surface area contributed by atoms with E-state index in [1.165, 1.54) is 0 Å². The number of nitrogens with zero attached hydrogens (tertiary/aromatic N) is 2. The zero-order valence-electron chi connectivity index (χ0n) is 8.73. The molecule has 0 amide bonds. The van der Waals surface area contributed by atoms with Crippen molar-refractivity contribution in [2.24, 2.45) is 0 Å². The van der Waals surface area contributed by atoms with Gasteiger partial charge in [-0.3, -0.25) is 0 Å². The topological polar surface area (TPSA) is 61.0 Å². The molecule has 0 aliphatic heterocycles. The molecule has 0 saturated heterocycles. The summed E-state index contributed by atoms with van der Waals surface area (Å²) in [4.78, 5) is 8.05. The first-order valence-electron chi connectivity index (χ1n) is 4.80. The molecule has 0 atom stereocenters. The first kappa shape index (κ1) is 12.0. The van der Waals surface area contributed by atoms with E-state index in [1.54, 1.807) is 30.6 Å². The number of halogens is 2. The van der Waals surface area contributed by atoms with Crippen molar-refractivity contribution in [3.63, 3.8) is 0 Å². The van der Waals surface area contributed by atoms with E-state index in [-0.39, 0.29) is 6.61 Å². The Bertz CT molecular complexity index is 520. The Labute approximate surface area is 108 Å². The lowest BCUT2D eigenvalue weighted by Crippen LogP contribution is -2.02. The molecule has 0 bridgehead atoms. The van der Waals surface area contributed by atoms with Crippen LogP contribution in [0.2, 0.25) is 10.0 Å². The zero-order chi connectivity index (χ0) is 12.3. The first-order chi connectivity index (χ1) is 8.16. The molecule has 1 heterocycles. The third kappa shape index (κ3) is 2.99. The molecule has 2 N–H and O–H groups in total. The van der Waals surface area contributed by atoms with Crippen LogP contribution >= 0.6 is 23.2 Å². The van der Waals surface area contributed by atoms with Crippen molar-refractivity contribution in [1.82, 2.24) is 9.97 Å². The molecule has 6 heteroatoms. The minimum atomic E-state index is 0.225. The molecule has 2 rings (SSSR count). The minimum absolute atomic E-state index is 0.225. The summed E-state index contributed by atoms with van der Waals surface area (Å²) in [5, 5.41) is 0.789. The van der Waals surface area contributed by atoms with Crippen LogP contribution in [0.15, 0.2) is 30.6 Å². The van der Waals surface area contributed by atoms with Gasteiger partial charge in [0.05, 0.1) is 15.7 Å². The van der Waals surface area contributed by atoms with Crippen LogP contribution in [-0.4, -0.2) is 9.97 Å². The minimum Gasteiger partial charge on any atom is -0.483 e. The van der Waals surface area contributed by atoms with Crippen molar-refractivity contribution in [3.05, 3.63) is 46.5 Å². The van der Waals surface area contributed by atoms with Gasteiger partial charge >= 0.3 is 0 Å². The van der Waals surface area contributed by atoms with Crippen molar-refractivity contribution in [1.29, 1.82) is 0 Å². The Morgan fingerprint density at radius 3 is 2.47 bits per heavy atom. The fourth-order valence-corrected chi connectivity index (χ4v) is 1.54. The molecule has 88 valence electrons. The second-order valence-electron chi connectivity index (χ2n) is 3.26. The molecule has 2 aromatic rings. The number of ether oxygens (including phenoxy) is 1. The lowest BCUT2D eigenvalue weighted by molar-refractivity contribution is 0.297. The number of rotatable bonds is 3. The van der Waals surface area contributed by atoms with Crippen LogP contribution in [0, 0.1) is 0 Å². The highest BCUT2D eigenvalue weighted by molar-refractivity contribution is 6.42. The molecule has 4 nitrogen and oxygen atoms in total. The van der Waals surface area contributed by atoms with Gasteiger partial charge in [-0.1, -0.05) is 23.2 Å². The summed E-state index contributed by atoms with van der Waals surface area (Å²) >= 11 is 11.7. The van der Waals surface area contributed by atoms with Gasteiger partial charge in [-0.25, -0.2) is 9.97 Å². The number of nitrogens with two attached hydrogens (primary N) is 1. The van der Waals surface area contributed by atoms with Gasteiger partial charge in [0.1, 0.15) is 12.4 Å². The smallest absolute Gasteiger partial charge is 0.166 e. The molecule has 0 aliphatic carbocycles. The lowest BCUT2D eigenvalue weighted by Gasteiger charge is -2.09. The Morgan fingerprint density at radius 1 is 1.12 bits per heavy atom. The Balaban J connectivity index is 2.12. The normalized spacial score (nSPS) is 10.2. The van der Waals surface area contributed by atoms with E-state index in [4.69, 9.17) is 33.7 Å².